The van der Waals surface area contributed by atoms with Crippen molar-refractivity contribution in [2.75, 3.05) is 0 Å². The number of hydrogen-bond acceptors (Lipinski definition) is 4. The van der Waals surface area contributed by atoms with Crippen LogP contribution >= 0.6 is 0 Å². The normalized spacial score (nSPS) is 52.0. The van der Waals surface area contributed by atoms with Gasteiger partial charge in [0.15, 0.2) is 6.29 Å². The third-order valence-electron chi connectivity index (χ3n) is 1.48. The lowest BCUT2D eigenvalue weighted by atomic mass is 10.2. The smallest absolute Gasteiger partial charge is 0.183 e. The maximum absolute atomic E-state index is 8.90. The van der Waals surface area contributed by atoms with Crippen molar-refractivity contribution in [1.29, 1.82) is 0 Å². The molecular formula is C5H10O4. The highest BCUT2D eigenvalue weighted by atomic mass is 16.6. The molecule has 1 rings (SSSR count). The summed E-state index contributed by atoms with van der Waals surface area (Å²) in [6, 6.07) is 0. The summed E-state index contributed by atoms with van der Waals surface area (Å²) < 4.78 is 4.64. The number of aliphatic hydroxyl groups excluding tert-OH is 3. The van der Waals surface area contributed by atoms with Crippen LogP contribution in [-0.4, -0.2) is 39.9 Å². The zero-order valence-corrected chi connectivity index (χ0v) is 5.06. The Morgan fingerprint density at radius 3 is 1.78 bits per heavy atom. The van der Waals surface area contributed by atoms with E-state index in [0.29, 0.717) is 0 Å². The summed E-state index contributed by atoms with van der Waals surface area (Å²) in [4.78, 5) is 0. The quantitative estimate of drug-likeness (QED) is 0.375. The molecule has 0 aliphatic carbocycles. The van der Waals surface area contributed by atoms with Crippen LogP contribution in [0.5, 0.6) is 0 Å². The fourth-order valence-electron chi connectivity index (χ4n) is 0.827. The molecule has 4 heteroatoms. The van der Waals surface area contributed by atoms with Crippen molar-refractivity contribution in [3.63, 3.8) is 0 Å². The van der Waals surface area contributed by atoms with Gasteiger partial charge in [-0.15, -0.1) is 0 Å². The van der Waals surface area contributed by atoms with Gasteiger partial charge in [0.1, 0.15) is 12.2 Å². The summed E-state index contributed by atoms with van der Waals surface area (Å²) in [7, 11) is 0. The SMILES string of the molecule is C[C@@H]1O[C@H](O)C(O)C1O. The van der Waals surface area contributed by atoms with E-state index in [4.69, 9.17) is 15.3 Å². The molecule has 0 aromatic carbocycles. The Bertz CT molecular complexity index is 93.1. The molecule has 2 unspecified atom stereocenters. The van der Waals surface area contributed by atoms with Crippen molar-refractivity contribution >= 4 is 0 Å². The van der Waals surface area contributed by atoms with Crippen molar-refractivity contribution in [2.24, 2.45) is 0 Å². The summed E-state index contributed by atoms with van der Waals surface area (Å²) in [6.07, 6.45) is -3.81. The average Bonchev–Trinajstić information content (AvgIpc) is 1.98. The van der Waals surface area contributed by atoms with E-state index in [1.807, 2.05) is 0 Å². The number of rotatable bonds is 0. The molecule has 4 atom stereocenters. The zero-order valence-electron chi connectivity index (χ0n) is 5.06. The van der Waals surface area contributed by atoms with Gasteiger partial charge in [0, 0.05) is 0 Å². The number of hydrogen-bond donors (Lipinski definition) is 3. The van der Waals surface area contributed by atoms with Gasteiger partial charge in [-0.1, -0.05) is 0 Å². The number of aliphatic hydroxyl groups is 3. The molecule has 9 heavy (non-hydrogen) atoms. The van der Waals surface area contributed by atoms with Crippen LogP contribution < -0.4 is 0 Å². The molecule has 0 saturated carbocycles. The second-order valence-corrected chi connectivity index (χ2v) is 2.21. The van der Waals surface area contributed by atoms with E-state index in [1.54, 1.807) is 6.92 Å². The molecule has 0 aromatic rings. The van der Waals surface area contributed by atoms with Gasteiger partial charge in [-0.3, -0.25) is 0 Å². The van der Waals surface area contributed by atoms with Crippen LogP contribution in [0.3, 0.4) is 0 Å². The maximum Gasteiger partial charge on any atom is 0.183 e. The average molecular weight is 134 g/mol. The van der Waals surface area contributed by atoms with Crippen LogP contribution in [0.15, 0.2) is 0 Å². The minimum atomic E-state index is -1.23. The fraction of sp³-hybridized carbons (Fsp3) is 1.00. The van der Waals surface area contributed by atoms with Crippen molar-refractivity contribution in [3.05, 3.63) is 0 Å². The first-order chi connectivity index (χ1) is 4.13. The second kappa shape index (κ2) is 2.22. The van der Waals surface area contributed by atoms with Crippen LogP contribution in [0.4, 0.5) is 0 Å². The predicted octanol–water partition coefficient (Wildman–Crippen LogP) is -1.55. The van der Waals surface area contributed by atoms with E-state index >= 15 is 0 Å². The first-order valence-electron chi connectivity index (χ1n) is 2.82. The third-order valence-corrected chi connectivity index (χ3v) is 1.48. The summed E-state index contributed by atoms with van der Waals surface area (Å²) in [5.41, 5.74) is 0. The molecule has 1 fully saturated rings. The lowest BCUT2D eigenvalue weighted by molar-refractivity contribution is -0.124. The Morgan fingerprint density at radius 2 is 1.67 bits per heavy atom. The van der Waals surface area contributed by atoms with E-state index in [1.165, 1.54) is 0 Å². The molecule has 54 valence electrons. The molecule has 1 heterocycles. The summed E-state index contributed by atoms with van der Waals surface area (Å²) in [5, 5.41) is 26.4. The lowest BCUT2D eigenvalue weighted by Gasteiger charge is -2.07. The van der Waals surface area contributed by atoms with E-state index < -0.39 is 24.6 Å². The Hall–Kier alpha value is -0.160. The van der Waals surface area contributed by atoms with Crippen molar-refractivity contribution in [1.82, 2.24) is 0 Å². The minimum Gasteiger partial charge on any atom is -0.388 e. The molecule has 0 bridgehead atoms. The molecule has 0 aromatic heterocycles. The Morgan fingerprint density at radius 1 is 1.11 bits per heavy atom. The van der Waals surface area contributed by atoms with E-state index in [2.05, 4.69) is 4.74 Å². The highest BCUT2D eigenvalue weighted by Gasteiger charge is 2.38. The first-order valence-corrected chi connectivity index (χ1v) is 2.82. The monoisotopic (exact) mass is 134 g/mol. The van der Waals surface area contributed by atoms with Gasteiger partial charge in [0.05, 0.1) is 6.10 Å². The van der Waals surface area contributed by atoms with Crippen LogP contribution in [0.25, 0.3) is 0 Å². The molecule has 0 radical (unpaired) electrons. The van der Waals surface area contributed by atoms with Gasteiger partial charge in [0.25, 0.3) is 0 Å². The Kier molecular flexibility index (Phi) is 1.72. The van der Waals surface area contributed by atoms with Gasteiger partial charge in [0.2, 0.25) is 0 Å². The van der Waals surface area contributed by atoms with Gasteiger partial charge in [-0.25, -0.2) is 0 Å². The Balaban J connectivity index is 2.54. The molecule has 0 amide bonds. The fourth-order valence-corrected chi connectivity index (χ4v) is 0.827. The van der Waals surface area contributed by atoms with Gasteiger partial charge in [-0.05, 0) is 6.92 Å². The zero-order chi connectivity index (χ0) is 7.02. The standard InChI is InChI=1S/C5H10O4/c1-2-3(6)4(7)5(8)9-2/h2-8H,1H3/t2-,3?,4?,5-/m0/s1. The van der Waals surface area contributed by atoms with E-state index in [9.17, 15) is 0 Å². The minimum absolute atomic E-state index is 0.477. The highest BCUT2D eigenvalue weighted by Crippen LogP contribution is 2.18. The third kappa shape index (κ3) is 1.07. The Labute approximate surface area is 52.7 Å². The molecule has 1 saturated heterocycles. The highest BCUT2D eigenvalue weighted by molar-refractivity contribution is 4.82. The largest absolute Gasteiger partial charge is 0.388 e. The van der Waals surface area contributed by atoms with Gasteiger partial charge in [-0.2, -0.15) is 0 Å². The van der Waals surface area contributed by atoms with Gasteiger partial charge < -0.3 is 20.1 Å². The molecule has 1 aliphatic heterocycles. The van der Waals surface area contributed by atoms with Crippen molar-refractivity contribution in [3.8, 4) is 0 Å². The predicted molar refractivity (Wildman–Crippen MR) is 28.6 cm³/mol. The maximum atomic E-state index is 8.90. The molecule has 3 N–H and O–H groups in total. The first kappa shape index (κ1) is 6.95. The van der Waals surface area contributed by atoms with Gasteiger partial charge >= 0.3 is 0 Å². The molecule has 4 nitrogen and oxygen atoms in total. The van der Waals surface area contributed by atoms with E-state index in [0.717, 1.165) is 0 Å². The summed E-state index contributed by atoms with van der Waals surface area (Å²) >= 11 is 0. The van der Waals surface area contributed by atoms with Crippen molar-refractivity contribution in [2.45, 2.75) is 31.5 Å². The second-order valence-electron chi connectivity index (χ2n) is 2.21. The van der Waals surface area contributed by atoms with Crippen LogP contribution in [-0.2, 0) is 4.74 Å². The molecule has 0 spiro atoms. The van der Waals surface area contributed by atoms with Crippen LogP contribution in [0.1, 0.15) is 6.92 Å². The molecular weight excluding hydrogens is 124 g/mol. The van der Waals surface area contributed by atoms with Crippen LogP contribution in [0.2, 0.25) is 0 Å². The number of ether oxygens (including phenoxy) is 1. The van der Waals surface area contributed by atoms with Crippen molar-refractivity contribution < 1.29 is 20.1 Å². The summed E-state index contributed by atoms with van der Waals surface area (Å²) in [5.74, 6) is 0. The summed E-state index contributed by atoms with van der Waals surface area (Å²) in [6.45, 7) is 1.59. The molecule has 1 aliphatic rings. The lowest BCUT2D eigenvalue weighted by Crippen LogP contribution is -2.31. The van der Waals surface area contributed by atoms with E-state index in [-0.39, 0.29) is 0 Å². The van der Waals surface area contributed by atoms with Crippen LogP contribution in [0, 0.1) is 0 Å². The topological polar surface area (TPSA) is 69.9 Å².